The van der Waals surface area contributed by atoms with Gasteiger partial charge in [0.2, 0.25) is 5.91 Å². The van der Waals surface area contributed by atoms with Crippen LogP contribution in [0.3, 0.4) is 0 Å². The van der Waals surface area contributed by atoms with Crippen LogP contribution in [-0.4, -0.2) is 43.0 Å². The number of halogens is 3. The molecule has 0 saturated carbocycles. The molecular formula is C26H36Cl2FN3O. The summed E-state index contributed by atoms with van der Waals surface area (Å²) >= 11 is 0. The molecule has 2 heterocycles. The highest BCUT2D eigenvalue weighted by Gasteiger charge is 2.35. The van der Waals surface area contributed by atoms with E-state index in [-0.39, 0.29) is 36.5 Å². The number of carbonyl (C=O) groups excluding carboxylic acids is 1. The molecule has 0 radical (unpaired) electrons. The summed E-state index contributed by atoms with van der Waals surface area (Å²) < 4.78 is 13.0. The SMILES string of the molecule is Cl.Cl.O=C(CCC[C@H]1NC[C@@H]2C[C@@H]1CN(Cc1ccccc1)C2)NCCc1ccc(F)cc1. The fourth-order valence-corrected chi connectivity index (χ4v) is 5.15. The number of carbonyl (C=O) groups is 1. The van der Waals surface area contributed by atoms with E-state index >= 15 is 0 Å². The molecule has 33 heavy (non-hydrogen) atoms. The van der Waals surface area contributed by atoms with Gasteiger partial charge in [0.1, 0.15) is 5.82 Å². The highest BCUT2D eigenvalue weighted by atomic mass is 35.5. The van der Waals surface area contributed by atoms with Gasteiger partial charge < -0.3 is 10.6 Å². The van der Waals surface area contributed by atoms with Gasteiger partial charge in [0.05, 0.1) is 0 Å². The van der Waals surface area contributed by atoms with Crippen molar-refractivity contribution in [1.82, 2.24) is 15.5 Å². The number of hydrogen-bond donors (Lipinski definition) is 2. The first-order valence-corrected chi connectivity index (χ1v) is 11.7. The lowest BCUT2D eigenvalue weighted by atomic mass is 9.79. The highest BCUT2D eigenvalue weighted by molar-refractivity contribution is 5.85. The van der Waals surface area contributed by atoms with Crippen LogP contribution in [0, 0.1) is 17.7 Å². The molecule has 2 aliphatic rings. The van der Waals surface area contributed by atoms with Crippen molar-refractivity contribution >= 4 is 30.7 Å². The number of hydrogen-bond acceptors (Lipinski definition) is 3. The molecule has 3 atom stereocenters. The van der Waals surface area contributed by atoms with Crippen LogP contribution in [0.4, 0.5) is 4.39 Å². The average Bonchev–Trinajstić information content (AvgIpc) is 2.77. The Morgan fingerprint density at radius 1 is 1.03 bits per heavy atom. The Balaban J connectivity index is 0.00000193. The zero-order valence-corrected chi connectivity index (χ0v) is 20.7. The minimum atomic E-state index is -0.225. The number of piperidine rings is 2. The number of fused-ring (bicyclic) bond motifs is 2. The highest BCUT2D eigenvalue weighted by Crippen LogP contribution is 2.31. The Bertz CT molecular complexity index is 837. The molecule has 7 heteroatoms. The minimum absolute atomic E-state index is 0. The van der Waals surface area contributed by atoms with Gasteiger partial charge in [-0.25, -0.2) is 4.39 Å². The Kier molecular flexibility index (Phi) is 11.6. The molecule has 2 saturated heterocycles. The van der Waals surface area contributed by atoms with E-state index < -0.39 is 0 Å². The molecule has 0 aliphatic carbocycles. The van der Waals surface area contributed by atoms with Gasteiger partial charge in [0.15, 0.2) is 0 Å². The number of nitrogens with one attached hydrogen (secondary N) is 2. The van der Waals surface area contributed by atoms with Gasteiger partial charge in [-0.15, -0.1) is 24.8 Å². The fraction of sp³-hybridized carbons (Fsp3) is 0.500. The van der Waals surface area contributed by atoms with Gasteiger partial charge in [-0.3, -0.25) is 9.69 Å². The van der Waals surface area contributed by atoms with Crippen LogP contribution >= 0.6 is 24.8 Å². The van der Waals surface area contributed by atoms with Gasteiger partial charge in [-0.05, 0) is 67.3 Å². The molecule has 2 bridgehead atoms. The molecule has 1 amide bonds. The summed E-state index contributed by atoms with van der Waals surface area (Å²) in [5.41, 5.74) is 2.43. The van der Waals surface area contributed by atoms with Gasteiger partial charge in [0, 0.05) is 38.6 Å². The van der Waals surface area contributed by atoms with Crippen molar-refractivity contribution in [2.45, 2.75) is 44.7 Å². The maximum atomic E-state index is 13.0. The second-order valence-corrected chi connectivity index (χ2v) is 9.17. The van der Waals surface area contributed by atoms with Crippen LogP contribution in [0.25, 0.3) is 0 Å². The number of amides is 1. The van der Waals surface area contributed by atoms with Gasteiger partial charge in [0.25, 0.3) is 0 Å². The summed E-state index contributed by atoms with van der Waals surface area (Å²) in [7, 11) is 0. The normalized spacial score (nSPS) is 22.0. The quantitative estimate of drug-likeness (QED) is 0.533. The van der Waals surface area contributed by atoms with E-state index in [0.717, 1.165) is 50.4 Å². The molecule has 2 aliphatic heterocycles. The standard InChI is InChI=1S/C26H34FN3O.2ClH/c27-24-11-9-20(10-12-24)13-14-28-26(31)8-4-7-25-23-15-22(16-29-25)18-30(19-23)17-21-5-2-1-3-6-21;;/h1-3,5-6,9-12,22-23,25,29H,4,7-8,13-19H2,(H,28,31);2*1H/t22-,23+,25+;;/m0../s1. The molecule has 2 aromatic carbocycles. The Labute approximate surface area is 209 Å². The van der Waals surface area contributed by atoms with Crippen molar-refractivity contribution < 1.29 is 9.18 Å². The zero-order valence-electron chi connectivity index (χ0n) is 19.0. The fourth-order valence-electron chi connectivity index (χ4n) is 5.15. The first kappa shape index (κ1) is 27.6. The zero-order chi connectivity index (χ0) is 21.5. The average molecular weight is 496 g/mol. The van der Waals surface area contributed by atoms with Crippen LogP contribution in [0.15, 0.2) is 54.6 Å². The van der Waals surface area contributed by atoms with E-state index in [0.29, 0.717) is 24.9 Å². The molecule has 2 fully saturated rings. The smallest absolute Gasteiger partial charge is 0.220 e. The van der Waals surface area contributed by atoms with Crippen LogP contribution in [0.5, 0.6) is 0 Å². The number of benzene rings is 2. The summed E-state index contributed by atoms with van der Waals surface area (Å²) in [5, 5.41) is 6.76. The van der Waals surface area contributed by atoms with Crippen molar-refractivity contribution in [2.24, 2.45) is 11.8 Å². The topological polar surface area (TPSA) is 44.4 Å². The van der Waals surface area contributed by atoms with Gasteiger partial charge in [-0.1, -0.05) is 42.5 Å². The van der Waals surface area contributed by atoms with E-state index in [1.54, 1.807) is 12.1 Å². The van der Waals surface area contributed by atoms with E-state index in [1.165, 1.54) is 30.7 Å². The van der Waals surface area contributed by atoms with Gasteiger partial charge >= 0.3 is 0 Å². The monoisotopic (exact) mass is 495 g/mol. The van der Waals surface area contributed by atoms with Crippen LogP contribution < -0.4 is 10.6 Å². The lowest BCUT2D eigenvalue weighted by molar-refractivity contribution is -0.121. The third-order valence-electron chi connectivity index (χ3n) is 6.70. The predicted molar refractivity (Wildman–Crippen MR) is 137 cm³/mol. The molecule has 182 valence electrons. The second kappa shape index (κ2) is 13.9. The van der Waals surface area contributed by atoms with Crippen molar-refractivity contribution in [3.05, 3.63) is 71.5 Å². The van der Waals surface area contributed by atoms with Crippen molar-refractivity contribution in [1.29, 1.82) is 0 Å². The molecular weight excluding hydrogens is 460 g/mol. The molecule has 0 spiro atoms. The van der Waals surface area contributed by atoms with Crippen LogP contribution in [-0.2, 0) is 17.8 Å². The van der Waals surface area contributed by atoms with Crippen LogP contribution in [0.2, 0.25) is 0 Å². The van der Waals surface area contributed by atoms with Crippen LogP contribution in [0.1, 0.15) is 36.8 Å². The van der Waals surface area contributed by atoms with Crippen molar-refractivity contribution in [3.63, 3.8) is 0 Å². The summed E-state index contributed by atoms with van der Waals surface area (Å²) in [6, 6.07) is 17.7. The Morgan fingerprint density at radius 2 is 1.79 bits per heavy atom. The molecule has 4 nitrogen and oxygen atoms in total. The largest absolute Gasteiger partial charge is 0.356 e. The lowest BCUT2D eigenvalue weighted by Crippen LogP contribution is -2.55. The number of likely N-dealkylation sites (tertiary alicyclic amines) is 1. The molecule has 2 aromatic rings. The Morgan fingerprint density at radius 3 is 2.55 bits per heavy atom. The third kappa shape index (κ3) is 8.56. The van der Waals surface area contributed by atoms with E-state index in [9.17, 15) is 9.18 Å². The molecule has 0 unspecified atom stereocenters. The first-order valence-electron chi connectivity index (χ1n) is 11.7. The predicted octanol–water partition coefficient (Wildman–Crippen LogP) is 4.61. The van der Waals surface area contributed by atoms with Crippen molar-refractivity contribution in [2.75, 3.05) is 26.2 Å². The lowest BCUT2D eigenvalue weighted by Gasteiger charge is -2.46. The number of rotatable bonds is 9. The maximum Gasteiger partial charge on any atom is 0.220 e. The van der Waals surface area contributed by atoms with E-state index in [4.69, 9.17) is 0 Å². The third-order valence-corrected chi connectivity index (χ3v) is 6.70. The summed E-state index contributed by atoms with van der Waals surface area (Å²) in [6.07, 6.45) is 4.59. The first-order chi connectivity index (χ1) is 15.2. The number of nitrogens with zero attached hydrogens (tertiary/aromatic N) is 1. The second-order valence-electron chi connectivity index (χ2n) is 9.17. The molecule has 0 aromatic heterocycles. The van der Waals surface area contributed by atoms with Gasteiger partial charge in [-0.2, -0.15) is 0 Å². The Hall–Kier alpha value is -1.66. The minimum Gasteiger partial charge on any atom is -0.356 e. The van der Waals surface area contributed by atoms with E-state index in [1.807, 2.05) is 0 Å². The van der Waals surface area contributed by atoms with E-state index in [2.05, 4.69) is 45.9 Å². The summed E-state index contributed by atoms with van der Waals surface area (Å²) in [6.45, 7) is 5.06. The maximum absolute atomic E-state index is 13.0. The summed E-state index contributed by atoms with van der Waals surface area (Å²) in [5.74, 6) is 1.31. The summed E-state index contributed by atoms with van der Waals surface area (Å²) in [4.78, 5) is 14.8. The molecule has 4 rings (SSSR count). The molecule has 2 N–H and O–H groups in total. The van der Waals surface area contributed by atoms with Crippen molar-refractivity contribution in [3.8, 4) is 0 Å².